The highest BCUT2D eigenvalue weighted by Crippen LogP contribution is 2.25. The van der Waals surface area contributed by atoms with E-state index in [1.807, 2.05) is 0 Å². The Hall–Kier alpha value is -1.91. The normalized spacial score (nSPS) is 23.2. The minimum Gasteiger partial charge on any atom is -0.481 e. The molecule has 0 saturated carbocycles. The monoisotopic (exact) mass is 265 g/mol. The fraction of sp³-hybridized carbons (Fsp3) is 0.429. The number of carboxylic acids is 1. The molecule has 0 aromatic heterocycles. The molecule has 0 bridgehead atoms. The van der Waals surface area contributed by atoms with Crippen molar-refractivity contribution in [2.45, 2.75) is 25.8 Å². The van der Waals surface area contributed by atoms with Crippen molar-refractivity contribution in [2.75, 3.05) is 6.54 Å². The molecule has 1 heterocycles. The van der Waals surface area contributed by atoms with Crippen LogP contribution in [-0.4, -0.2) is 34.5 Å². The van der Waals surface area contributed by atoms with Crippen molar-refractivity contribution in [3.05, 3.63) is 35.6 Å². The molecule has 0 spiro atoms. The second-order valence-corrected chi connectivity index (χ2v) is 4.89. The van der Waals surface area contributed by atoms with Crippen LogP contribution in [0.5, 0.6) is 0 Å². The zero-order chi connectivity index (χ0) is 14.0. The van der Waals surface area contributed by atoms with E-state index in [4.69, 9.17) is 5.11 Å². The zero-order valence-electron chi connectivity index (χ0n) is 10.7. The van der Waals surface area contributed by atoms with Crippen molar-refractivity contribution in [3.8, 4) is 0 Å². The van der Waals surface area contributed by atoms with E-state index in [1.165, 1.54) is 18.2 Å². The molecule has 1 aromatic rings. The van der Waals surface area contributed by atoms with E-state index in [-0.39, 0.29) is 17.5 Å². The van der Waals surface area contributed by atoms with Crippen molar-refractivity contribution < 1.29 is 19.1 Å². The Bertz CT molecular complexity index is 503. The first-order valence-corrected chi connectivity index (χ1v) is 6.29. The molecule has 0 aliphatic carbocycles. The van der Waals surface area contributed by atoms with Gasteiger partial charge in [-0.3, -0.25) is 9.59 Å². The molecule has 1 saturated heterocycles. The Morgan fingerprint density at radius 2 is 2.05 bits per heavy atom. The van der Waals surface area contributed by atoms with Gasteiger partial charge in [-0.1, -0.05) is 12.1 Å². The number of piperidine rings is 1. The van der Waals surface area contributed by atoms with Gasteiger partial charge in [-0.05, 0) is 31.9 Å². The van der Waals surface area contributed by atoms with Crippen molar-refractivity contribution >= 4 is 11.9 Å². The number of carboxylic acid groups (broad SMARTS) is 1. The van der Waals surface area contributed by atoms with Gasteiger partial charge in [0.05, 0.1) is 11.5 Å². The Morgan fingerprint density at radius 3 is 2.63 bits per heavy atom. The summed E-state index contributed by atoms with van der Waals surface area (Å²) in [4.78, 5) is 24.7. The van der Waals surface area contributed by atoms with E-state index < -0.39 is 17.7 Å². The van der Waals surface area contributed by atoms with Gasteiger partial charge in [-0.2, -0.15) is 0 Å². The van der Waals surface area contributed by atoms with Crippen LogP contribution in [0.2, 0.25) is 0 Å². The molecular formula is C14H16FNO3. The highest BCUT2D eigenvalue weighted by atomic mass is 19.1. The van der Waals surface area contributed by atoms with Crippen molar-refractivity contribution in [1.82, 2.24) is 4.90 Å². The Kier molecular flexibility index (Phi) is 3.83. The molecule has 4 nitrogen and oxygen atoms in total. The van der Waals surface area contributed by atoms with Crippen molar-refractivity contribution in [2.24, 2.45) is 5.92 Å². The highest BCUT2D eigenvalue weighted by molar-refractivity contribution is 5.94. The topological polar surface area (TPSA) is 57.6 Å². The lowest BCUT2D eigenvalue weighted by Crippen LogP contribution is -2.46. The predicted octanol–water partition coefficient (Wildman–Crippen LogP) is 2.15. The molecule has 1 fully saturated rings. The number of nitrogens with zero attached hydrogens (tertiary/aromatic N) is 1. The maximum atomic E-state index is 13.6. The minimum atomic E-state index is -0.829. The molecule has 5 heteroatoms. The summed E-state index contributed by atoms with van der Waals surface area (Å²) in [7, 11) is 0. The maximum absolute atomic E-state index is 13.6. The van der Waals surface area contributed by atoms with E-state index in [2.05, 4.69) is 0 Å². The van der Waals surface area contributed by atoms with Gasteiger partial charge in [-0.15, -0.1) is 0 Å². The quantitative estimate of drug-likeness (QED) is 0.891. The molecule has 1 aliphatic rings. The van der Waals surface area contributed by atoms with Gasteiger partial charge in [-0.25, -0.2) is 4.39 Å². The van der Waals surface area contributed by atoms with E-state index >= 15 is 0 Å². The van der Waals surface area contributed by atoms with E-state index in [0.29, 0.717) is 19.4 Å². The number of carbonyl (C=O) groups excluding carboxylic acids is 1. The molecule has 1 N–H and O–H groups in total. The minimum absolute atomic E-state index is 0.0446. The molecule has 1 aliphatic heterocycles. The summed E-state index contributed by atoms with van der Waals surface area (Å²) in [6, 6.07) is 5.66. The van der Waals surface area contributed by atoms with Crippen LogP contribution in [0.25, 0.3) is 0 Å². The van der Waals surface area contributed by atoms with Gasteiger partial charge >= 0.3 is 5.97 Å². The van der Waals surface area contributed by atoms with Gasteiger partial charge in [0.15, 0.2) is 0 Å². The fourth-order valence-corrected chi connectivity index (χ4v) is 2.49. The van der Waals surface area contributed by atoms with Gasteiger partial charge < -0.3 is 10.0 Å². The number of likely N-dealkylation sites (tertiary alicyclic amines) is 1. The summed E-state index contributed by atoms with van der Waals surface area (Å²) in [5.41, 5.74) is 0.0446. The summed E-state index contributed by atoms with van der Waals surface area (Å²) in [5, 5.41) is 8.98. The van der Waals surface area contributed by atoms with Crippen LogP contribution in [0.1, 0.15) is 30.1 Å². The SMILES string of the molecule is CC1CC(C(=O)O)CCN1C(=O)c1ccccc1F. The zero-order valence-corrected chi connectivity index (χ0v) is 10.7. The summed E-state index contributed by atoms with van der Waals surface area (Å²) >= 11 is 0. The summed E-state index contributed by atoms with van der Waals surface area (Å²) in [5.74, 6) is -2.15. The van der Waals surface area contributed by atoms with Crippen LogP contribution in [0.4, 0.5) is 4.39 Å². The second kappa shape index (κ2) is 5.38. The number of benzene rings is 1. The predicted molar refractivity (Wildman–Crippen MR) is 67.3 cm³/mol. The summed E-state index contributed by atoms with van der Waals surface area (Å²) in [6.45, 7) is 2.15. The average molecular weight is 265 g/mol. The number of carbonyl (C=O) groups is 2. The molecule has 2 rings (SSSR count). The second-order valence-electron chi connectivity index (χ2n) is 4.89. The number of hydrogen-bond donors (Lipinski definition) is 1. The number of halogens is 1. The molecule has 1 aromatic carbocycles. The Labute approximate surface area is 110 Å². The lowest BCUT2D eigenvalue weighted by molar-refractivity contribution is -0.143. The molecule has 0 radical (unpaired) electrons. The van der Waals surface area contributed by atoms with Gasteiger partial charge in [0.25, 0.3) is 5.91 Å². The highest BCUT2D eigenvalue weighted by Gasteiger charge is 2.33. The standard InChI is InChI=1S/C14H16FNO3/c1-9-8-10(14(18)19)6-7-16(9)13(17)11-4-2-3-5-12(11)15/h2-5,9-10H,6-8H2,1H3,(H,18,19). The first kappa shape index (κ1) is 13.5. The average Bonchev–Trinajstić information content (AvgIpc) is 2.38. The molecule has 2 unspecified atom stereocenters. The third kappa shape index (κ3) is 2.75. The van der Waals surface area contributed by atoms with Crippen LogP contribution in [0.3, 0.4) is 0 Å². The van der Waals surface area contributed by atoms with Crippen LogP contribution in [-0.2, 0) is 4.79 Å². The molecule has 102 valence electrons. The third-order valence-electron chi connectivity index (χ3n) is 3.59. The molecule has 2 atom stereocenters. The Balaban J connectivity index is 2.13. The van der Waals surface area contributed by atoms with Crippen molar-refractivity contribution in [1.29, 1.82) is 0 Å². The van der Waals surface area contributed by atoms with E-state index in [9.17, 15) is 14.0 Å². The lowest BCUT2D eigenvalue weighted by atomic mass is 9.91. The third-order valence-corrected chi connectivity index (χ3v) is 3.59. The van der Waals surface area contributed by atoms with Crippen LogP contribution in [0, 0.1) is 11.7 Å². The first-order chi connectivity index (χ1) is 9.00. The lowest BCUT2D eigenvalue weighted by Gasteiger charge is -2.36. The number of hydrogen-bond acceptors (Lipinski definition) is 2. The summed E-state index contributed by atoms with van der Waals surface area (Å²) < 4.78 is 13.6. The van der Waals surface area contributed by atoms with Crippen LogP contribution >= 0.6 is 0 Å². The van der Waals surface area contributed by atoms with E-state index in [0.717, 1.165) is 0 Å². The number of rotatable bonds is 2. The Morgan fingerprint density at radius 1 is 1.37 bits per heavy atom. The molecular weight excluding hydrogens is 249 g/mol. The van der Waals surface area contributed by atoms with E-state index in [1.54, 1.807) is 17.9 Å². The van der Waals surface area contributed by atoms with Crippen LogP contribution in [0.15, 0.2) is 24.3 Å². The number of amides is 1. The van der Waals surface area contributed by atoms with Crippen molar-refractivity contribution in [3.63, 3.8) is 0 Å². The van der Waals surface area contributed by atoms with Gasteiger partial charge in [0.2, 0.25) is 0 Å². The first-order valence-electron chi connectivity index (χ1n) is 6.29. The molecule has 19 heavy (non-hydrogen) atoms. The van der Waals surface area contributed by atoms with Crippen LogP contribution < -0.4 is 0 Å². The number of aliphatic carboxylic acids is 1. The maximum Gasteiger partial charge on any atom is 0.306 e. The summed E-state index contributed by atoms with van der Waals surface area (Å²) in [6.07, 6.45) is 0.829. The van der Waals surface area contributed by atoms with Gasteiger partial charge in [0, 0.05) is 12.6 Å². The smallest absolute Gasteiger partial charge is 0.306 e. The largest absolute Gasteiger partial charge is 0.481 e. The van der Waals surface area contributed by atoms with Gasteiger partial charge in [0.1, 0.15) is 5.82 Å². The molecule has 1 amide bonds. The fourth-order valence-electron chi connectivity index (χ4n) is 2.49.